The number of H-pyrrole nitrogens is 1. The molecule has 19 heavy (non-hydrogen) atoms. The second-order valence-corrected chi connectivity index (χ2v) is 5.67. The van der Waals surface area contributed by atoms with Crippen LogP contribution in [0, 0.1) is 13.8 Å². The van der Waals surface area contributed by atoms with Crippen LogP contribution in [0.3, 0.4) is 0 Å². The minimum atomic E-state index is -0.0558. The van der Waals surface area contributed by atoms with E-state index in [0.717, 1.165) is 32.7 Å². The highest BCUT2D eigenvalue weighted by molar-refractivity contribution is 9.10. The molecule has 0 spiro atoms. The molecule has 2 N–H and O–H groups in total. The zero-order valence-corrected chi connectivity index (χ0v) is 12.3. The van der Waals surface area contributed by atoms with E-state index in [4.69, 9.17) is 0 Å². The van der Waals surface area contributed by atoms with Crippen LogP contribution in [0.15, 0.2) is 28.7 Å². The second-order valence-electron chi connectivity index (χ2n) is 4.75. The summed E-state index contributed by atoms with van der Waals surface area (Å²) in [6.45, 7) is 4.04. The third kappa shape index (κ3) is 2.12. The summed E-state index contributed by atoms with van der Waals surface area (Å²) in [5.74, 6) is -0.0558. The fourth-order valence-corrected chi connectivity index (χ4v) is 2.71. The van der Waals surface area contributed by atoms with Crippen LogP contribution >= 0.6 is 15.9 Å². The average Bonchev–Trinajstić information content (AvgIpc) is 2.80. The number of aryl methyl sites for hydroxylation is 2. The first-order valence-corrected chi connectivity index (χ1v) is 6.83. The quantitative estimate of drug-likeness (QED) is 0.770. The van der Waals surface area contributed by atoms with Crippen molar-refractivity contribution in [3.8, 4) is 0 Å². The molecule has 0 atom stereocenters. The predicted molar refractivity (Wildman–Crippen MR) is 80.9 cm³/mol. The Morgan fingerprint density at radius 2 is 2.00 bits per heavy atom. The van der Waals surface area contributed by atoms with Crippen molar-refractivity contribution in [3.05, 3.63) is 51.3 Å². The first kappa shape index (κ1) is 12.2. The Morgan fingerprint density at radius 3 is 2.68 bits per heavy atom. The van der Waals surface area contributed by atoms with Crippen molar-refractivity contribution in [1.29, 1.82) is 0 Å². The van der Waals surface area contributed by atoms with Crippen LogP contribution in [0.5, 0.6) is 0 Å². The van der Waals surface area contributed by atoms with Crippen LogP contribution < -0.4 is 5.32 Å². The van der Waals surface area contributed by atoms with E-state index < -0.39 is 0 Å². The second kappa shape index (κ2) is 4.38. The molecule has 2 aromatic rings. The van der Waals surface area contributed by atoms with Gasteiger partial charge in [-0.05, 0) is 43.7 Å². The van der Waals surface area contributed by atoms with Crippen LogP contribution in [0.25, 0.3) is 11.6 Å². The standard InChI is InChI=1S/C15H13BrN2O/c1-8-5-9(2)17-13(8)7-12-11-4-3-10(16)6-14(11)18-15(12)19/h3-7,17H,1-2H3,(H,18,19). The molecule has 3 rings (SSSR count). The van der Waals surface area contributed by atoms with Gasteiger partial charge in [-0.2, -0.15) is 0 Å². The van der Waals surface area contributed by atoms with Gasteiger partial charge in [0.1, 0.15) is 0 Å². The number of anilines is 1. The van der Waals surface area contributed by atoms with Crippen molar-refractivity contribution >= 4 is 39.2 Å². The van der Waals surface area contributed by atoms with Crippen molar-refractivity contribution in [2.75, 3.05) is 5.32 Å². The molecule has 1 aromatic heterocycles. The van der Waals surface area contributed by atoms with E-state index in [1.807, 2.05) is 38.1 Å². The van der Waals surface area contributed by atoms with Crippen molar-refractivity contribution < 1.29 is 4.79 Å². The number of carbonyl (C=O) groups excluding carboxylic acids is 1. The van der Waals surface area contributed by atoms with Crippen LogP contribution in [-0.4, -0.2) is 10.9 Å². The summed E-state index contributed by atoms with van der Waals surface area (Å²) in [4.78, 5) is 15.3. The number of benzene rings is 1. The van der Waals surface area contributed by atoms with E-state index in [1.54, 1.807) is 0 Å². The lowest BCUT2D eigenvalue weighted by Crippen LogP contribution is -2.03. The summed E-state index contributed by atoms with van der Waals surface area (Å²) >= 11 is 3.41. The lowest BCUT2D eigenvalue weighted by atomic mass is 10.1. The molecule has 4 heteroatoms. The molecule has 0 saturated heterocycles. The van der Waals surface area contributed by atoms with E-state index in [9.17, 15) is 4.79 Å². The van der Waals surface area contributed by atoms with Gasteiger partial charge in [0.05, 0.1) is 11.3 Å². The molecule has 0 radical (unpaired) electrons. The van der Waals surface area contributed by atoms with Crippen molar-refractivity contribution in [2.45, 2.75) is 13.8 Å². The predicted octanol–water partition coefficient (Wildman–Crippen LogP) is 3.89. The van der Waals surface area contributed by atoms with E-state index >= 15 is 0 Å². The minimum absolute atomic E-state index is 0.0558. The zero-order chi connectivity index (χ0) is 13.6. The highest BCUT2D eigenvalue weighted by atomic mass is 79.9. The Kier molecular flexibility index (Phi) is 2.82. The van der Waals surface area contributed by atoms with E-state index in [2.05, 4.69) is 32.3 Å². The summed E-state index contributed by atoms with van der Waals surface area (Å²) in [5, 5.41) is 2.88. The molecule has 0 fully saturated rings. The van der Waals surface area contributed by atoms with Crippen molar-refractivity contribution in [1.82, 2.24) is 4.98 Å². The van der Waals surface area contributed by atoms with Gasteiger partial charge in [0.15, 0.2) is 0 Å². The van der Waals surface area contributed by atoms with Gasteiger partial charge in [-0.25, -0.2) is 0 Å². The molecule has 0 saturated carbocycles. The average molecular weight is 317 g/mol. The van der Waals surface area contributed by atoms with E-state index in [1.165, 1.54) is 0 Å². The minimum Gasteiger partial charge on any atom is -0.359 e. The summed E-state index contributed by atoms with van der Waals surface area (Å²) in [6, 6.07) is 7.89. The Morgan fingerprint density at radius 1 is 1.21 bits per heavy atom. The lowest BCUT2D eigenvalue weighted by Gasteiger charge is -1.99. The largest absolute Gasteiger partial charge is 0.359 e. The molecular weight excluding hydrogens is 304 g/mol. The van der Waals surface area contributed by atoms with Gasteiger partial charge >= 0.3 is 0 Å². The number of aromatic nitrogens is 1. The molecule has 2 heterocycles. The third-order valence-corrected chi connectivity index (χ3v) is 3.74. The summed E-state index contributed by atoms with van der Waals surface area (Å²) < 4.78 is 0.958. The van der Waals surface area contributed by atoms with Gasteiger partial charge in [-0.3, -0.25) is 4.79 Å². The molecule has 1 aromatic carbocycles. The number of rotatable bonds is 1. The molecule has 0 unspecified atom stereocenters. The Balaban J connectivity index is 2.12. The van der Waals surface area contributed by atoms with Crippen molar-refractivity contribution in [3.63, 3.8) is 0 Å². The van der Waals surface area contributed by atoms with Crippen LogP contribution in [0.2, 0.25) is 0 Å². The van der Waals surface area contributed by atoms with Gasteiger partial charge in [0.2, 0.25) is 0 Å². The fourth-order valence-electron chi connectivity index (χ4n) is 2.35. The molecule has 0 aliphatic carbocycles. The number of nitrogens with one attached hydrogen (secondary N) is 2. The highest BCUT2D eigenvalue weighted by Crippen LogP contribution is 2.35. The smallest absolute Gasteiger partial charge is 0.256 e. The summed E-state index contributed by atoms with van der Waals surface area (Å²) in [7, 11) is 0. The third-order valence-electron chi connectivity index (χ3n) is 3.24. The SMILES string of the molecule is Cc1cc(C)c(C=C2C(=O)Nc3cc(Br)ccc32)[nH]1. The number of amides is 1. The van der Waals surface area contributed by atoms with Crippen LogP contribution in [-0.2, 0) is 4.79 Å². The topological polar surface area (TPSA) is 44.9 Å². The molecule has 1 aliphatic rings. The Hall–Kier alpha value is -1.81. The number of hydrogen-bond donors (Lipinski definition) is 2. The highest BCUT2D eigenvalue weighted by Gasteiger charge is 2.24. The van der Waals surface area contributed by atoms with Gasteiger partial charge in [-0.15, -0.1) is 0 Å². The van der Waals surface area contributed by atoms with Crippen molar-refractivity contribution in [2.24, 2.45) is 0 Å². The van der Waals surface area contributed by atoms with Gasteiger partial charge in [0, 0.05) is 21.4 Å². The molecule has 1 aliphatic heterocycles. The van der Waals surface area contributed by atoms with Gasteiger partial charge in [0.25, 0.3) is 5.91 Å². The number of aromatic amines is 1. The fraction of sp³-hybridized carbons (Fsp3) is 0.133. The maximum Gasteiger partial charge on any atom is 0.256 e. The van der Waals surface area contributed by atoms with Crippen LogP contribution in [0.4, 0.5) is 5.69 Å². The van der Waals surface area contributed by atoms with Gasteiger partial charge in [-0.1, -0.05) is 22.0 Å². The maximum absolute atomic E-state index is 12.1. The number of halogens is 1. The number of hydrogen-bond acceptors (Lipinski definition) is 1. The zero-order valence-electron chi connectivity index (χ0n) is 10.7. The van der Waals surface area contributed by atoms with E-state index in [-0.39, 0.29) is 5.91 Å². The van der Waals surface area contributed by atoms with Gasteiger partial charge < -0.3 is 10.3 Å². The maximum atomic E-state index is 12.1. The summed E-state index contributed by atoms with van der Waals surface area (Å²) in [6.07, 6.45) is 1.91. The lowest BCUT2D eigenvalue weighted by molar-refractivity contribution is -0.110. The molecular formula is C15H13BrN2O. The van der Waals surface area contributed by atoms with E-state index in [0.29, 0.717) is 5.57 Å². The molecule has 96 valence electrons. The normalized spacial score (nSPS) is 15.7. The summed E-state index contributed by atoms with van der Waals surface area (Å²) in [5.41, 5.74) is 5.72. The number of fused-ring (bicyclic) bond motifs is 1. The molecule has 1 amide bonds. The number of carbonyl (C=O) groups is 1. The Labute approximate surface area is 119 Å². The monoisotopic (exact) mass is 316 g/mol. The molecule has 0 bridgehead atoms. The first-order valence-electron chi connectivity index (χ1n) is 6.04. The van der Waals surface area contributed by atoms with Crippen LogP contribution in [0.1, 0.15) is 22.5 Å². The first-order chi connectivity index (χ1) is 9.04. The molecule has 3 nitrogen and oxygen atoms in total. The Bertz CT molecular complexity index is 713.